The molecule has 0 aliphatic rings. The maximum atomic E-state index is 13.3. The van der Waals surface area contributed by atoms with E-state index in [1.54, 1.807) is 16.2 Å². The molecule has 4 aromatic rings. The maximum Gasteiger partial charge on any atom is 0.266 e. The predicted molar refractivity (Wildman–Crippen MR) is 112 cm³/mol. The third-order valence-electron chi connectivity index (χ3n) is 4.54. The number of aromatic nitrogens is 2. The van der Waals surface area contributed by atoms with Crippen molar-refractivity contribution in [1.82, 2.24) is 14.9 Å². The molecule has 4 nitrogen and oxygen atoms in total. The van der Waals surface area contributed by atoms with Gasteiger partial charge in [-0.3, -0.25) is 4.79 Å². The minimum atomic E-state index is -0.110. The highest BCUT2D eigenvalue weighted by atomic mass is 32.1. The van der Waals surface area contributed by atoms with Crippen molar-refractivity contribution < 1.29 is 4.79 Å². The summed E-state index contributed by atoms with van der Waals surface area (Å²) in [5.41, 5.74) is 2.70. The summed E-state index contributed by atoms with van der Waals surface area (Å²) >= 11 is 3.08. The fraction of sp³-hybridized carbons (Fsp3) is 0.190. The molecule has 2 aromatic carbocycles. The van der Waals surface area contributed by atoms with Gasteiger partial charge >= 0.3 is 0 Å². The molecule has 1 atom stereocenters. The second-order valence-electron chi connectivity index (χ2n) is 6.39. The highest BCUT2D eigenvalue weighted by Crippen LogP contribution is 2.33. The maximum absolute atomic E-state index is 13.3. The fourth-order valence-corrected chi connectivity index (χ4v) is 4.92. The summed E-state index contributed by atoms with van der Waals surface area (Å²) in [6.45, 7) is 3.95. The number of rotatable bonds is 4. The van der Waals surface area contributed by atoms with E-state index in [9.17, 15) is 4.79 Å². The smallest absolute Gasteiger partial charge is 0.266 e. The first-order valence-corrected chi connectivity index (χ1v) is 10.3. The molecule has 0 unspecified atom stereocenters. The van der Waals surface area contributed by atoms with Gasteiger partial charge in [-0.15, -0.1) is 22.7 Å². The monoisotopic (exact) mass is 393 g/mol. The fourth-order valence-electron chi connectivity index (χ4n) is 2.93. The van der Waals surface area contributed by atoms with Gasteiger partial charge < -0.3 is 4.90 Å². The van der Waals surface area contributed by atoms with Crippen LogP contribution in [0, 0.1) is 6.92 Å². The normalized spacial score (nSPS) is 12.3. The van der Waals surface area contributed by atoms with Crippen molar-refractivity contribution in [3.8, 4) is 11.3 Å². The molecule has 0 fully saturated rings. The molecule has 0 N–H and O–H groups in total. The number of carbonyl (C=O) groups excluding carboxylic acids is 1. The molecule has 4 rings (SSSR count). The van der Waals surface area contributed by atoms with E-state index in [4.69, 9.17) is 4.98 Å². The van der Waals surface area contributed by atoms with E-state index < -0.39 is 0 Å². The summed E-state index contributed by atoms with van der Waals surface area (Å²) in [6, 6.07) is 17.8. The van der Waals surface area contributed by atoms with Crippen molar-refractivity contribution in [2.24, 2.45) is 0 Å². The van der Waals surface area contributed by atoms with Crippen LogP contribution in [0.15, 0.2) is 54.6 Å². The van der Waals surface area contributed by atoms with E-state index in [0.717, 1.165) is 31.5 Å². The summed E-state index contributed by atoms with van der Waals surface area (Å²) in [7, 11) is 1.84. The van der Waals surface area contributed by atoms with Gasteiger partial charge in [-0.2, -0.15) is 0 Å². The Morgan fingerprint density at radius 1 is 1.00 bits per heavy atom. The Bertz CT molecular complexity index is 1070. The van der Waals surface area contributed by atoms with Gasteiger partial charge in [0.2, 0.25) is 0 Å². The molecule has 0 aliphatic carbocycles. The van der Waals surface area contributed by atoms with E-state index in [2.05, 4.69) is 11.1 Å². The second-order valence-corrected chi connectivity index (χ2v) is 8.65. The van der Waals surface area contributed by atoms with Crippen molar-refractivity contribution in [2.75, 3.05) is 7.05 Å². The quantitative estimate of drug-likeness (QED) is 0.456. The van der Waals surface area contributed by atoms with Crippen molar-refractivity contribution in [1.29, 1.82) is 0 Å². The molecule has 0 spiro atoms. The zero-order valence-electron chi connectivity index (χ0n) is 15.3. The summed E-state index contributed by atoms with van der Waals surface area (Å²) < 4.78 is 1.14. The average Bonchev–Trinajstić information content (AvgIpc) is 3.30. The van der Waals surface area contributed by atoms with Gasteiger partial charge in [-0.05, 0) is 26.0 Å². The third kappa shape index (κ3) is 3.38. The minimum Gasteiger partial charge on any atom is -0.332 e. The van der Waals surface area contributed by atoms with Crippen LogP contribution >= 0.6 is 22.7 Å². The van der Waals surface area contributed by atoms with Crippen LogP contribution < -0.4 is 0 Å². The lowest BCUT2D eigenvalue weighted by Gasteiger charge is -2.23. The topological polar surface area (TPSA) is 46.1 Å². The molecule has 136 valence electrons. The third-order valence-corrected chi connectivity index (χ3v) is 6.71. The zero-order valence-corrected chi connectivity index (χ0v) is 17.0. The lowest BCUT2D eigenvalue weighted by atomic mass is 10.1. The standard InChI is InChI=1S/C21H19N3OS2/c1-13(20-23-16-11-7-8-12-17(16)27-20)24(3)21(25)19-18(22-14(2)26-19)15-9-5-4-6-10-15/h4-13H,1-3H3/t13-/m0/s1. The number of hydrogen-bond donors (Lipinski definition) is 0. The van der Waals surface area contributed by atoms with Crippen LogP contribution in [-0.2, 0) is 0 Å². The van der Waals surface area contributed by atoms with Crippen LogP contribution in [0.3, 0.4) is 0 Å². The summed E-state index contributed by atoms with van der Waals surface area (Å²) in [5.74, 6) is -0.0220. The number of nitrogens with zero attached hydrogens (tertiary/aromatic N) is 3. The molecule has 0 bridgehead atoms. The number of carbonyl (C=O) groups is 1. The number of para-hydroxylation sites is 1. The Hall–Kier alpha value is -2.57. The molecule has 0 saturated heterocycles. The van der Waals surface area contributed by atoms with Crippen molar-refractivity contribution >= 4 is 38.8 Å². The van der Waals surface area contributed by atoms with E-state index in [1.807, 2.05) is 69.4 Å². The number of hydrogen-bond acceptors (Lipinski definition) is 5. The van der Waals surface area contributed by atoms with Crippen LogP contribution in [0.25, 0.3) is 21.5 Å². The van der Waals surface area contributed by atoms with E-state index in [-0.39, 0.29) is 11.9 Å². The first-order chi connectivity index (χ1) is 13.0. The number of aryl methyl sites for hydroxylation is 1. The molecule has 27 heavy (non-hydrogen) atoms. The van der Waals surface area contributed by atoms with Crippen LogP contribution in [0.1, 0.15) is 32.7 Å². The van der Waals surface area contributed by atoms with Gasteiger partial charge in [0.1, 0.15) is 9.88 Å². The first kappa shape index (κ1) is 17.8. The molecule has 1 amide bonds. The van der Waals surface area contributed by atoms with Crippen LogP contribution in [0.5, 0.6) is 0 Å². The van der Waals surface area contributed by atoms with Gasteiger partial charge in [0, 0.05) is 12.6 Å². The molecular formula is C21H19N3OS2. The predicted octanol–water partition coefficient (Wildman–Crippen LogP) is 5.56. The molecule has 0 radical (unpaired) electrons. The first-order valence-electron chi connectivity index (χ1n) is 8.70. The van der Waals surface area contributed by atoms with Crippen LogP contribution in [0.4, 0.5) is 0 Å². The number of thiazole rings is 2. The second kappa shape index (κ2) is 7.21. The Morgan fingerprint density at radius 3 is 2.44 bits per heavy atom. The Labute approximate surface area is 166 Å². The number of fused-ring (bicyclic) bond motifs is 1. The lowest BCUT2D eigenvalue weighted by Crippen LogP contribution is -2.29. The molecule has 6 heteroatoms. The number of benzene rings is 2. The van der Waals surface area contributed by atoms with Gasteiger partial charge in [-0.1, -0.05) is 42.5 Å². The van der Waals surface area contributed by atoms with Crippen LogP contribution in [0.2, 0.25) is 0 Å². The largest absolute Gasteiger partial charge is 0.332 e. The van der Waals surface area contributed by atoms with Crippen molar-refractivity contribution in [3.63, 3.8) is 0 Å². The Morgan fingerprint density at radius 2 is 1.70 bits per heavy atom. The Balaban J connectivity index is 1.66. The summed E-state index contributed by atoms with van der Waals surface area (Å²) in [5, 5.41) is 1.83. The van der Waals surface area contributed by atoms with Gasteiger partial charge in [0.15, 0.2) is 0 Å². The highest BCUT2D eigenvalue weighted by molar-refractivity contribution is 7.18. The van der Waals surface area contributed by atoms with Crippen LogP contribution in [-0.4, -0.2) is 27.8 Å². The molecular weight excluding hydrogens is 374 g/mol. The van der Waals surface area contributed by atoms with Crippen molar-refractivity contribution in [2.45, 2.75) is 19.9 Å². The average molecular weight is 394 g/mol. The van der Waals surface area contributed by atoms with Gasteiger partial charge in [-0.25, -0.2) is 9.97 Å². The van der Waals surface area contributed by atoms with Gasteiger partial charge in [0.25, 0.3) is 5.91 Å². The minimum absolute atomic E-state index is 0.0220. The molecule has 0 aliphatic heterocycles. The molecule has 0 saturated carbocycles. The zero-order chi connectivity index (χ0) is 19.0. The van der Waals surface area contributed by atoms with E-state index in [1.165, 1.54) is 11.3 Å². The van der Waals surface area contributed by atoms with E-state index >= 15 is 0 Å². The van der Waals surface area contributed by atoms with Crippen molar-refractivity contribution in [3.05, 3.63) is 69.5 Å². The number of amides is 1. The lowest BCUT2D eigenvalue weighted by molar-refractivity contribution is 0.0748. The SMILES string of the molecule is Cc1nc(-c2ccccc2)c(C(=O)N(C)[C@@H](C)c2nc3ccccc3s2)s1. The summed E-state index contributed by atoms with van der Waals surface area (Å²) in [4.78, 5) is 25.0. The molecule has 2 heterocycles. The van der Waals surface area contributed by atoms with E-state index in [0.29, 0.717) is 4.88 Å². The highest BCUT2D eigenvalue weighted by Gasteiger charge is 2.26. The van der Waals surface area contributed by atoms with Gasteiger partial charge in [0.05, 0.1) is 27.0 Å². The Kier molecular flexibility index (Phi) is 4.76. The summed E-state index contributed by atoms with van der Waals surface area (Å²) in [6.07, 6.45) is 0. The molecule has 2 aromatic heterocycles.